The van der Waals surface area contributed by atoms with Gasteiger partial charge in [-0.2, -0.15) is 15.0 Å². The highest BCUT2D eigenvalue weighted by Crippen LogP contribution is 2.23. The van der Waals surface area contributed by atoms with Gasteiger partial charge in [0.1, 0.15) is 6.61 Å². The Morgan fingerprint density at radius 2 is 1.74 bits per heavy atom. The van der Waals surface area contributed by atoms with E-state index in [1.165, 1.54) is 6.07 Å². The number of aromatic carboxylic acids is 1. The Kier molecular flexibility index (Phi) is 5.92. The number of carboxylic acid groups (broad SMARTS) is 1. The van der Waals surface area contributed by atoms with Crippen LogP contribution >= 0.6 is 11.6 Å². The molecule has 0 unspecified atom stereocenters. The number of carbonyl (C=O) groups excluding carboxylic acids is 1. The molecule has 31 heavy (non-hydrogen) atoms. The van der Waals surface area contributed by atoms with E-state index in [1.807, 2.05) is 0 Å². The summed E-state index contributed by atoms with van der Waals surface area (Å²) in [5, 5.41) is 15.1. The number of rotatable bonds is 6. The van der Waals surface area contributed by atoms with Crippen LogP contribution in [0.3, 0.4) is 0 Å². The molecule has 2 heterocycles. The van der Waals surface area contributed by atoms with Crippen molar-refractivity contribution >= 4 is 52.4 Å². The second-order valence-corrected chi connectivity index (χ2v) is 6.84. The first kappa shape index (κ1) is 20.5. The number of morpholine rings is 1. The van der Waals surface area contributed by atoms with Crippen LogP contribution in [-0.4, -0.2) is 51.7 Å². The van der Waals surface area contributed by atoms with E-state index in [1.54, 1.807) is 47.4 Å². The molecule has 3 N–H and O–H groups in total. The Morgan fingerprint density at radius 3 is 2.45 bits per heavy atom. The smallest absolute Gasteiger partial charge is 0.337 e. The minimum absolute atomic E-state index is 0.0664. The van der Waals surface area contributed by atoms with E-state index < -0.39 is 5.97 Å². The fourth-order valence-electron chi connectivity index (χ4n) is 3.01. The average molecular weight is 441 g/mol. The second-order valence-electron chi connectivity index (χ2n) is 6.50. The summed E-state index contributed by atoms with van der Waals surface area (Å²) in [5.74, 6) is -0.911. The number of amides is 1. The summed E-state index contributed by atoms with van der Waals surface area (Å²) in [6, 6.07) is 13.5. The third-order valence-electron chi connectivity index (χ3n) is 4.43. The number of benzene rings is 2. The number of nitrogens with one attached hydrogen (secondary N) is 2. The van der Waals surface area contributed by atoms with Crippen molar-refractivity contribution in [2.75, 3.05) is 35.3 Å². The number of aromatic nitrogens is 3. The minimum atomic E-state index is -1.08. The fourth-order valence-corrected chi connectivity index (χ4v) is 3.17. The molecule has 10 nitrogen and oxygen atoms in total. The van der Waals surface area contributed by atoms with Crippen LogP contribution in [0.4, 0.5) is 29.0 Å². The number of carboxylic acids is 1. The standard InChI is InChI=1S/C20H17ClN6O4/c21-18-24-19(26-20(25-18)23-15-4-2-1-3-14(15)17(29)30)22-12-5-7-13(8-6-12)27-9-10-31-11-16(27)28/h1-8H,9-11H2,(H,29,30)(H2,22,23,24,25,26). The molecular weight excluding hydrogens is 424 g/mol. The molecule has 158 valence electrons. The van der Waals surface area contributed by atoms with Crippen LogP contribution in [-0.2, 0) is 9.53 Å². The molecule has 0 aliphatic carbocycles. The van der Waals surface area contributed by atoms with E-state index in [2.05, 4.69) is 25.6 Å². The first-order valence-electron chi connectivity index (χ1n) is 9.26. The lowest BCUT2D eigenvalue weighted by Gasteiger charge is -2.26. The van der Waals surface area contributed by atoms with Crippen molar-refractivity contribution in [3.8, 4) is 0 Å². The molecule has 0 bridgehead atoms. The molecule has 1 fully saturated rings. The molecule has 1 aromatic heterocycles. The van der Waals surface area contributed by atoms with Gasteiger partial charge in [-0.05, 0) is 48.0 Å². The van der Waals surface area contributed by atoms with E-state index in [0.29, 0.717) is 24.5 Å². The van der Waals surface area contributed by atoms with Gasteiger partial charge < -0.3 is 25.4 Å². The normalized spacial score (nSPS) is 13.7. The lowest BCUT2D eigenvalue weighted by atomic mass is 10.2. The quantitative estimate of drug-likeness (QED) is 0.529. The molecule has 1 aliphatic heterocycles. The summed E-state index contributed by atoms with van der Waals surface area (Å²) < 4.78 is 5.14. The summed E-state index contributed by atoms with van der Waals surface area (Å²) in [5.41, 5.74) is 1.83. The molecule has 1 aliphatic rings. The van der Waals surface area contributed by atoms with Gasteiger partial charge in [-0.1, -0.05) is 12.1 Å². The summed E-state index contributed by atoms with van der Waals surface area (Å²) in [6.07, 6.45) is 0. The molecule has 0 spiro atoms. The zero-order valence-corrected chi connectivity index (χ0v) is 16.8. The Hall–Kier alpha value is -3.76. The zero-order valence-electron chi connectivity index (χ0n) is 16.1. The maximum atomic E-state index is 12.0. The van der Waals surface area contributed by atoms with Gasteiger partial charge in [0.05, 0.1) is 17.9 Å². The van der Waals surface area contributed by atoms with Crippen LogP contribution in [0, 0.1) is 0 Å². The van der Waals surface area contributed by atoms with Crippen LogP contribution in [0.1, 0.15) is 10.4 Å². The van der Waals surface area contributed by atoms with Crippen molar-refractivity contribution in [3.63, 3.8) is 0 Å². The molecule has 2 aromatic carbocycles. The number of hydrogen-bond donors (Lipinski definition) is 3. The van der Waals surface area contributed by atoms with Crippen LogP contribution in [0.25, 0.3) is 0 Å². The maximum absolute atomic E-state index is 12.0. The van der Waals surface area contributed by atoms with E-state index in [-0.39, 0.29) is 35.3 Å². The maximum Gasteiger partial charge on any atom is 0.337 e. The molecule has 1 amide bonds. The molecule has 0 radical (unpaired) electrons. The third kappa shape index (κ3) is 4.87. The van der Waals surface area contributed by atoms with E-state index in [9.17, 15) is 14.7 Å². The highest BCUT2D eigenvalue weighted by atomic mass is 35.5. The summed E-state index contributed by atoms with van der Waals surface area (Å²) >= 11 is 6.01. The SMILES string of the molecule is O=C(O)c1ccccc1Nc1nc(Cl)nc(Nc2ccc(N3CCOCC3=O)cc2)n1. The Balaban J connectivity index is 1.51. The monoisotopic (exact) mass is 440 g/mol. The molecule has 11 heteroatoms. The Labute approximate surface area is 181 Å². The van der Waals surface area contributed by atoms with Crippen molar-refractivity contribution in [1.29, 1.82) is 0 Å². The summed E-state index contributed by atoms with van der Waals surface area (Å²) in [4.78, 5) is 37.3. The molecule has 3 aromatic rings. The van der Waals surface area contributed by atoms with Crippen molar-refractivity contribution < 1.29 is 19.4 Å². The highest BCUT2D eigenvalue weighted by molar-refractivity contribution is 6.28. The first-order valence-corrected chi connectivity index (χ1v) is 9.63. The molecule has 0 saturated carbocycles. The van der Waals surface area contributed by atoms with Gasteiger partial charge in [-0.15, -0.1) is 0 Å². The number of anilines is 5. The van der Waals surface area contributed by atoms with Crippen LogP contribution in [0.15, 0.2) is 48.5 Å². The molecule has 1 saturated heterocycles. The lowest BCUT2D eigenvalue weighted by molar-refractivity contribution is -0.125. The third-order valence-corrected chi connectivity index (χ3v) is 4.60. The van der Waals surface area contributed by atoms with Gasteiger partial charge in [-0.25, -0.2) is 4.79 Å². The largest absolute Gasteiger partial charge is 0.478 e. The van der Waals surface area contributed by atoms with Gasteiger partial charge in [0, 0.05) is 17.9 Å². The van der Waals surface area contributed by atoms with Crippen molar-refractivity contribution in [2.24, 2.45) is 0 Å². The van der Waals surface area contributed by atoms with Crippen molar-refractivity contribution in [1.82, 2.24) is 15.0 Å². The van der Waals surface area contributed by atoms with Crippen LogP contribution < -0.4 is 15.5 Å². The zero-order chi connectivity index (χ0) is 21.8. The van der Waals surface area contributed by atoms with E-state index in [0.717, 1.165) is 5.69 Å². The van der Waals surface area contributed by atoms with E-state index in [4.69, 9.17) is 16.3 Å². The van der Waals surface area contributed by atoms with Crippen molar-refractivity contribution in [2.45, 2.75) is 0 Å². The number of nitrogens with zero attached hydrogens (tertiary/aromatic N) is 4. The topological polar surface area (TPSA) is 130 Å². The highest BCUT2D eigenvalue weighted by Gasteiger charge is 2.20. The number of hydrogen-bond acceptors (Lipinski definition) is 8. The number of para-hydroxylation sites is 1. The van der Waals surface area contributed by atoms with Gasteiger partial charge in [-0.3, -0.25) is 4.79 Å². The summed E-state index contributed by atoms with van der Waals surface area (Å²) in [6.45, 7) is 1.07. The second kappa shape index (κ2) is 8.94. The fraction of sp³-hybridized carbons (Fsp3) is 0.150. The average Bonchev–Trinajstić information content (AvgIpc) is 2.75. The van der Waals surface area contributed by atoms with Gasteiger partial charge in [0.2, 0.25) is 17.2 Å². The molecular formula is C20H17ClN6O4. The van der Waals surface area contributed by atoms with Gasteiger partial charge in [0.15, 0.2) is 0 Å². The molecule has 4 rings (SSSR count). The Morgan fingerprint density at radius 1 is 1.03 bits per heavy atom. The van der Waals surface area contributed by atoms with E-state index >= 15 is 0 Å². The Bertz CT molecular complexity index is 1120. The number of halogens is 1. The summed E-state index contributed by atoms with van der Waals surface area (Å²) in [7, 11) is 0. The van der Waals surface area contributed by atoms with Crippen LogP contribution in [0.5, 0.6) is 0 Å². The van der Waals surface area contributed by atoms with Gasteiger partial charge >= 0.3 is 5.97 Å². The van der Waals surface area contributed by atoms with Crippen molar-refractivity contribution in [3.05, 3.63) is 59.4 Å². The molecule has 0 atom stereocenters. The predicted molar refractivity (Wildman–Crippen MR) is 114 cm³/mol. The van der Waals surface area contributed by atoms with Crippen LogP contribution in [0.2, 0.25) is 5.28 Å². The number of ether oxygens (including phenoxy) is 1. The lowest BCUT2D eigenvalue weighted by Crippen LogP contribution is -2.41. The number of carbonyl (C=O) groups is 2. The predicted octanol–water partition coefficient (Wildman–Crippen LogP) is 3.07. The van der Waals surface area contributed by atoms with Gasteiger partial charge in [0.25, 0.3) is 5.91 Å². The first-order chi connectivity index (χ1) is 15.0. The minimum Gasteiger partial charge on any atom is -0.478 e.